The fraction of sp³-hybridized carbons (Fsp3) is 0.500. The third kappa shape index (κ3) is 2.35. The number of nitrogens with zero attached hydrogens (tertiary/aromatic N) is 1. The Balaban J connectivity index is 1.94. The Morgan fingerprint density at radius 2 is 2.11 bits per heavy atom. The van der Waals surface area contributed by atoms with Gasteiger partial charge >= 0.3 is 0 Å². The molecule has 0 aromatic heterocycles. The summed E-state index contributed by atoms with van der Waals surface area (Å²) in [6.07, 6.45) is 2.15. The molecule has 0 saturated carbocycles. The van der Waals surface area contributed by atoms with Gasteiger partial charge in [-0.15, -0.1) is 0 Å². The largest absolute Gasteiger partial charge is 0.354 e. The van der Waals surface area contributed by atoms with Crippen LogP contribution in [-0.4, -0.2) is 12.5 Å². The quantitative estimate of drug-likeness (QED) is 0.880. The van der Waals surface area contributed by atoms with Crippen LogP contribution in [0, 0.1) is 16.7 Å². The third-order valence-corrected chi connectivity index (χ3v) is 4.33. The maximum absolute atomic E-state index is 12.2. The van der Waals surface area contributed by atoms with Crippen molar-refractivity contribution in [3.8, 4) is 6.07 Å². The van der Waals surface area contributed by atoms with Crippen LogP contribution in [0.4, 0.5) is 0 Å². The molecule has 1 atom stereocenters. The van der Waals surface area contributed by atoms with E-state index in [4.69, 9.17) is 0 Å². The van der Waals surface area contributed by atoms with Gasteiger partial charge in [0, 0.05) is 12.5 Å². The average molecular weight is 256 g/mol. The van der Waals surface area contributed by atoms with Crippen molar-refractivity contribution in [1.82, 2.24) is 5.32 Å². The number of nitriles is 1. The average Bonchev–Trinajstić information content (AvgIpc) is 2.42. The zero-order valence-electron chi connectivity index (χ0n) is 11.6. The van der Waals surface area contributed by atoms with Crippen LogP contribution in [0.2, 0.25) is 0 Å². The molecule has 0 saturated heterocycles. The van der Waals surface area contributed by atoms with Gasteiger partial charge in [0.05, 0.1) is 6.07 Å². The van der Waals surface area contributed by atoms with Crippen LogP contribution < -0.4 is 5.32 Å². The van der Waals surface area contributed by atoms with Gasteiger partial charge in [-0.2, -0.15) is 5.26 Å². The normalized spacial score (nSPS) is 17.0. The minimum Gasteiger partial charge on any atom is -0.354 e. The highest BCUT2D eigenvalue weighted by Gasteiger charge is 2.36. The molecule has 0 aliphatic heterocycles. The molecule has 1 aliphatic carbocycles. The predicted molar refractivity (Wildman–Crippen MR) is 74.5 cm³/mol. The van der Waals surface area contributed by atoms with Crippen LogP contribution in [0.15, 0.2) is 24.3 Å². The third-order valence-electron chi connectivity index (χ3n) is 4.33. The lowest BCUT2D eigenvalue weighted by Crippen LogP contribution is -2.42. The second kappa shape index (κ2) is 5.44. The maximum Gasteiger partial charge on any atom is 0.240 e. The van der Waals surface area contributed by atoms with Gasteiger partial charge in [0.1, 0.15) is 5.41 Å². The van der Waals surface area contributed by atoms with Crippen molar-refractivity contribution in [3.05, 3.63) is 35.4 Å². The molecule has 3 nitrogen and oxygen atoms in total. The number of benzene rings is 1. The molecule has 19 heavy (non-hydrogen) atoms. The first kappa shape index (κ1) is 13.6. The molecule has 3 heteroatoms. The van der Waals surface area contributed by atoms with Crippen molar-refractivity contribution in [1.29, 1.82) is 5.26 Å². The second-order valence-corrected chi connectivity index (χ2v) is 5.21. The van der Waals surface area contributed by atoms with Gasteiger partial charge in [-0.25, -0.2) is 0 Å². The van der Waals surface area contributed by atoms with Crippen molar-refractivity contribution in [2.45, 2.75) is 39.0 Å². The van der Waals surface area contributed by atoms with Crippen molar-refractivity contribution < 1.29 is 4.79 Å². The number of fused-ring (bicyclic) bond motifs is 1. The topological polar surface area (TPSA) is 52.9 Å². The summed E-state index contributed by atoms with van der Waals surface area (Å²) < 4.78 is 0. The number of hydrogen-bond acceptors (Lipinski definition) is 2. The Morgan fingerprint density at radius 1 is 1.42 bits per heavy atom. The predicted octanol–water partition coefficient (Wildman–Crippen LogP) is 2.77. The molecule has 2 rings (SSSR count). The monoisotopic (exact) mass is 256 g/mol. The molecule has 1 unspecified atom stereocenters. The first-order valence-electron chi connectivity index (χ1n) is 6.94. The summed E-state index contributed by atoms with van der Waals surface area (Å²) in [4.78, 5) is 12.2. The Kier molecular flexibility index (Phi) is 3.90. The van der Waals surface area contributed by atoms with E-state index in [2.05, 4.69) is 23.5 Å². The Bertz CT molecular complexity index is 512. The van der Waals surface area contributed by atoms with E-state index in [-0.39, 0.29) is 5.91 Å². The van der Waals surface area contributed by atoms with Gasteiger partial charge in [-0.05, 0) is 30.4 Å². The van der Waals surface area contributed by atoms with Crippen LogP contribution in [0.1, 0.15) is 43.7 Å². The van der Waals surface area contributed by atoms with Gasteiger partial charge in [0.25, 0.3) is 0 Å². The molecule has 0 radical (unpaired) electrons. The summed E-state index contributed by atoms with van der Waals surface area (Å²) >= 11 is 0. The summed E-state index contributed by atoms with van der Waals surface area (Å²) in [5.41, 5.74) is 1.85. The number of rotatable bonds is 5. The second-order valence-electron chi connectivity index (χ2n) is 5.21. The zero-order valence-corrected chi connectivity index (χ0v) is 11.6. The molecule has 0 spiro atoms. The van der Waals surface area contributed by atoms with Crippen LogP contribution in [0.3, 0.4) is 0 Å². The van der Waals surface area contributed by atoms with Crippen molar-refractivity contribution in [2.75, 3.05) is 6.54 Å². The van der Waals surface area contributed by atoms with E-state index in [9.17, 15) is 10.1 Å². The van der Waals surface area contributed by atoms with E-state index in [0.717, 1.165) is 6.42 Å². The van der Waals surface area contributed by atoms with Crippen LogP contribution in [-0.2, 0) is 11.2 Å². The van der Waals surface area contributed by atoms with Crippen molar-refractivity contribution in [3.63, 3.8) is 0 Å². The minimum absolute atomic E-state index is 0.121. The van der Waals surface area contributed by atoms with Gasteiger partial charge in [0.15, 0.2) is 0 Å². The van der Waals surface area contributed by atoms with Crippen molar-refractivity contribution >= 4 is 5.91 Å². The standard InChI is InChI=1S/C16H20N2O/c1-3-16(4-2,11-17)15(19)18-10-13-9-12-7-5-6-8-14(12)13/h5-8,13H,3-4,9-10H2,1-2H3,(H,18,19). The number of carbonyl (C=O) groups excluding carboxylic acids is 1. The molecule has 1 aliphatic rings. The summed E-state index contributed by atoms with van der Waals surface area (Å²) in [5, 5.41) is 12.2. The van der Waals surface area contributed by atoms with Gasteiger partial charge in [-0.3, -0.25) is 4.79 Å². The summed E-state index contributed by atoms with van der Waals surface area (Å²) in [5.74, 6) is 0.287. The summed E-state index contributed by atoms with van der Waals surface area (Å²) in [6.45, 7) is 4.43. The fourth-order valence-electron chi connectivity index (χ4n) is 2.71. The van der Waals surface area contributed by atoms with Gasteiger partial charge in [0.2, 0.25) is 5.91 Å². The maximum atomic E-state index is 12.2. The number of amides is 1. The Labute approximate surface area is 114 Å². The smallest absolute Gasteiger partial charge is 0.240 e. The van der Waals surface area contributed by atoms with Crippen LogP contribution in [0.5, 0.6) is 0 Å². The molecule has 1 aromatic rings. The summed E-state index contributed by atoms with van der Waals surface area (Å²) in [6, 6.07) is 10.5. The van der Waals surface area contributed by atoms with E-state index in [1.165, 1.54) is 11.1 Å². The lowest BCUT2D eigenvalue weighted by atomic mass is 9.77. The van der Waals surface area contributed by atoms with E-state index < -0.39 is 5.41 Å². The van der Waals surface area contributed by atoms with Crippen LogP contribution >= 0.6 is 0 Å². The summed E-state index contributed by atoms with van der Waals surface area (Å²) in [7, 11) is 0. The van der Waals surface area contributed by atoms with E-state index in [0.29, 0.717) is 25.3 Å². The molecular formula is C16H20N2O. The van der Waals surface area contributed by atoms with Crippen molar-refractivity contribution in [2.24, 2.45) is 5.41 Å². The molecule has 1 aromatic carbocycles. The van der Waals surface area contributed by atoms with Gasteiger partial charge < -0.3 is 5.32 Å². The molecule has 100 valence electrons. The first-order valence-corrected chi connectivity index (χ1v) is 6.94. The molecule has 1 amide bonds. The fourth-order valence-corrected chi connectivity index (χ4v) is 2.71. The molecule has 0 bridgehead atoms. The van der Waals surface area contributed by atoms with Gasteiger partial charge in [-0.1, -0.05) is 38.1 Å². The molecule has 0 heterocycles. The number of carbonyl (C=O) groups is 1. The highest BCUT2D eigenvalue weighted by atomic mass is 16.2. The highest BCUT2D eigenvalue weighted by molar-refractivity contribution is 5.85. The first-order chi connectivity index (χ1) is 9.16. The highest BCUT2D eigenvalue weighted by Crippen LogP contribution is 2.34. The van der Waals surface area contributed by atoms with E-state index in [1.807, 2.05) is 26.0 Å². The Morgan fingerprint density at radius 3 is 2.68 bits per heavy atom. The molecular weight excluding hydrogens is 236 g/mol. The number of nitrogens with one attached hydrogen (secondary N) is 1. The molecule has 1 N–H and O–H groups in total. The lowest BCUT2D eigenvalue weighted by Gasteiger charge is -2.31. The van der Waals surface area contributed by atoms with E-state index >= 15 is 0 Å². The molecule has 0 fully saturated rings. The van der Waals surface area contributed by atoms with E-state index in [1.54, 1.807) is 0 Å². The Hall–Kier alpha value is -1.82. The zero-order chi connectivity index (χ0) is 13.9. The SMILES string of the molecule is CCC(C#N)(CC)C(=O)NCC1Cc2ccccc21. The minimum atomic E-state index is -0.858. The lowest BCUT2D eigenvalue weighted by molar-refractivity contribution is -0.128. The van der Waals surface area contributed by atoms with Crippen LogP contribution in [0.25, 0.3) is 0 Å². The number of hydrogen-bond donors (Lipinski definition) is 1.